The molecule has 6 heteroatoms. The SMILES string of the molecule is O=C(Nc1ccc2[nH+]c(-c3cscn3)[nH]c2c1)C(c1ccccc1)c1ccccc1. The Morgan fingerprint density at radius 1 is 0.967 bits per heavy atom. The summed E-state index contributed by atoms with van der Waals surface area (Å²) >= 11 is 1.55. The molecular weight excluding hydrogens is 392 g/mol. The van der Waals surface area contributed by atoms with Gasteiger partial charge in [0.15, 0.2) is 16.7 Å². The summed E-state index contributed by atoms with van der Waals surface area (Å²) in [5, 5.41) is 5.07. The molecule has 0 aliphatic heterocycles. The molecule has 0 radical (unpaired) electrons. The summed E-state index contributed by atoms with van der Waals surface area (Å²) in [6.45, 7) is 0. The Kier molecular flexibility index (Phi) is 4.83. The number of amides is 1. The molecule has 0 unspecified atom stereocenters. The summed E-state index contributed by atoms with van der Waals surface area (Å²) in [5.41, 5.74) is 7.20. The van der Waals surface area contributed by atoms with Crippen LogP contribution in [-0.2, 0) is 4.79 Å². The fourth-order valence-electron chi connectivity index (χ4n) is 3.60. The first-order valence-corrected chi connectivity index (χ1v) is 10.6. The average Bonchev–Trinajstić information content (AvgIpc) is 3.45. The van der Waals surface area contributed by atoms with Crippen LogP contribution in [0.4, 0.5) is 5.69 Å². The Labute approximate surface area is 177 Å². The molecule has 5 nitrogen and oxygen atoms in total. The van der Waals surface area contributed by atoms with Crippen molar-refractivity contribution in [1.29, 1.82) is 0 Å². The lowest BCUT2D eigenvalue weighted by atomic mass is 9.90. The lowest BCUT2D eigenvalue weighted by Gasteiger charge is -2.17. The number of hydrogen-bond donors (Lipinski definition) is 2. The van der Waals surface area contributed by atoms with Gasteiger partial charge in [-0.1, -0.05) is 60.7 Å². The topological polar surface area (TPSA) is 71.9 Å². The number of imidazole rings is 1. The largest absolute Gasteiger partial charge is 0.325 e. The fraction of sp³-hybridized carbons (Fsp3) is 0.0417. The fourth-order valence-corrected chi connectivity index (χ4v) is 4.14. The number of fused-ring (bicyclic) bond motifs is 1. The van der Waals surface area contributed by atoms with Crippen molar-refractivity contribution in [2.24, 2.45) is 0 Å². The van der Waals surface area contributed by atoms with Gasteiger partial charge in [-0.3, -0.25) is 4.79 Å². The van der Waals surface area contributed by atoms with E-state index in [2.05, 4.69) is 20.3 Å². The number of carbonyl (C=O) groups excluding carboxylic acids is 1. The second-order valence-electron chi connectivity index (χ2n) is 7.00. The Morgan fingerprint density at radius 3 is 2.30 bits per heavy atom. The van der Waals surface area contributed by atoms with E-state index in [0.717, 1.165) is 39.4 Å². The molecular formula is C24H19N4OS+. The van der Waals surface area contributed by atoms with Crippen LogP contribution >= 0.6 is 11.3 Å². The number of rotatable bonds is 5. The lowest BCUT2D eigenvalue weighted by molar-refractivity contribution is -0.330. The molecule has 3 N–H and O–H groups in total. The molecule has 0 fully saturated rings. The molecule has 0 bridgehead atoms. The Bertz CT molecular complexity index is 1240. The van der Waals surface area contributed by atoms with Crippen molar-refractivity contribution >= 4 is 34.0 Å². The van der Waals surface area contributed by atoms with E-state index in [0.29, 0.717) is 0 Å². The summed E-state index contributed by atoms with van der Waals surface area (Å²) in [6, 6.07) is 25.5. The third kappa shape index (κ3) is 3.60. The molecule has 0 saturated carbocycles. The number of nitrogens with one attached hydrogen (secondary N) is 3. The zero-order valence-electron chi connectivity index (χ0n) is 16.0. The normalized spacial score (nSPS) is 11.1. The van der Waals surface area contributed by atoms with Crippen LogP contribution in [-0.4, -0.2) is 15.9 Å². The predicted octanol–water partition coefficient (Wildman–Crippen LogP) is 4.88. The van der Waals surface area contributed by atoms with Crippen molar-refractivity contribution in [2.75, 3.05) is 5.32 Å². The number of H-pyrrole nitrogens is 2. The highest BCUT2D eigenvalue weighted by Crippen LogP contribution is 2.27. The van der Waals surface area contributed by atoms with Gasteiger partial charge < -0.3 is 5.32 Å². The van der Waals surface area contributed by atoms with E-state index in [-0.39, 0.29) is 11.8 Å². The molecule has 0 saturated heterocycles. The summed E-state index contributed by atoms with van der Waals surface area (Å²) in [7, 11) is 0. The number of aromatic amines is 2. The van der Waals surface area contributed by atoms with Crippen LogP contribution in [0.2, 0.25) is 0 Å². The number of aromatic nitrogens is 3. The van der Waals surface area contributed by atoms with Gasteiger partial charge in [0.05, 0.1) is 11.4 Å². The Morgan fingerprint density at radius 2 is 1.67 bits per heavy atom. The van der Waals surface area contributed by atoms with Gasteiger partial charge in [0.25, 0.3) is 0 Å². The molecule has 0 aliphatic carbocycles. The van der Waals surface area contributed by atoms with Crippen LogP contribution in [0.25, 0.3) is 22.6 Å². The quantitative estimate of drug-likeness (QED) is 0.433. The first-order valence-electron chi connectivity index (χ1n) is 9.62. The third-order valence-corrected chi connectivity index (χ3v) is 5.61. The maximum Gasteiger partial charge on any atom is 0.305 e. The highest BCUT2D eigenvalue weighted by atomic mass is 32.1. The van der Waals surface area contributed by atoms with Crippen molar-refractivity contribution in [3.63, 3.8) is 0 Å². The van der Waals surface area contributed by atoms with Gasteiger partial charge in [0.2, 0.25) is 5.91 Å². The molecule has 0 spiro atoms. The summed E-state index contributed by atoms with van der Waals surface area (Å²) in [5.74, 6) is 0.395. The van der Waals surface area contributed by atoms with Crippen LogP contribution in [0.1, 0.15) is 17.0 Å². The summed E-state index contributed by atoms with van der Waals surface area (Å²) in [4.78, 5) is 24.3. The predicted molar refractivity (Wildman–Crippen MR) is 119 cm³/mol. The van der Waals surface area contributed by atoms with Crippen LogP contribution in [0.5, 0.6) is 0 Å². The maximum absolute atomic E-state index is 13.3. The van der Waals surface area contributed by atoms with Gasteiger partial charge in [-0.15, -0.1) is 11.3 Å². The van der Waals surface area contributed by atoms with Crippen LogP contribution < -0.4 is 10.3 Å². The third-order valence-electron chi connectivity index (χ3n) is 5.02. The Hall–Kier alpha value is -3.77. The van der Waals surface area contributed by atoms with Gasteiger partial charge in [-0.2, -0.15) is 0 Å². The molecule has 2 aromatic heterocycles. The van der Waals surface area contributed by atoms with Gasteiger partial charge in [0, 0.05) is 17.1 Å². The van der Waals surface area contributed by atoms with Gasteiger partial charge >= 0.3 is 5.82 Å². The van der Waals surface area contributed by atoms with Gasteiger partial charge in [0.1, 0.15) is 0 Å². The Balaban J connectivity index is 1.46. The van der Waals surface area contributed by atoms with Crippen molar-refractivity contribution in [2.45, 2.75) is 5.92 Å². The molecule has 5 rings (SSSR count). The molecule has 3 aromatic carbocycles. The smallest absolute Gasteiger partial charge is 0.305 e. The van der Waals surface area contributed by atoms with Crippen molar-refractivity contribution in [3.8, 4) is 11.5 Å². The van der Waals surface area contributed by atoms with Crippen LogP contribution in [0.3, 0.4) is 0 Å². The zero-order chi connectivity index (χ0) is 20.3. The molecule has 30 heavy (non-hydrogen) atoms. The van der Waals surface area contributed by atoms with Crippen LogP contribution in [0.15, 0.2) is 89.8 Å². The minimum absolute atomic E-state index is 0.0676. The molecule has 2 heterocycles. The van der Waals surface area contributed by atoms with Crippen molar-refractivity contribution in [1.82, 2.24) is 9.97 Å². The number of benzene rings is 3. The van der Waals surface area contributed by atoms with E-state index < -0.39 is 0 Å². The number of anilines is 1. The summed E-state index contributed by atoms with van der Waals surface area (Å²) in [6.07, 6.45) is 0. The first-order chi connectivity index (χ1) is 14.8. The highest BCUT2D eigenvalue weighted by molar-refractivity contribution is 7.07. The van der Waals surface area contributed by atoms with E-state index in [1.807, 2.05) is 84.2 Å². The highest BCUT2D eigenvalue weighted by Gasteiger charge is 2.23. The zero-order valence-corrected chi connectivity index (χ0v) is 16.8. The minimum atomic E-state index is -0.385. The van der Waals surface area contributed by atoms with Gasteiger partial charge in [-0.05, 0) is 23.3 Å². The second-order valence-corrected chi connectivity index (χ2v) is 7.72. The molecule has 1 amide bonds. The number of thiazole rings is 1. The first kappa shape index (κ1) is 18.3. The van der Waals surface area contributed by atoms with E-state index >= 15 is 0 Å². The van der Waals surface area contributed by atoms with Crippen molar-refractivity contribution in [3.05, 3.63) is 101 Å². The van der Waals surface area contributed by atoms with E-state index in [4.69, 9.17) is 0 Å². The molecule has 5 aromatic rings. The lowest BCUT2D eigenvalue weighted by Crippen LogP contribution is -2.22. The van der Waals surface area contributed by atoms with E-state index in [1.165, 1.54) is 0 Å². The maximum atomic E-state index is 13.3. The minimum Gasteiger partial charge on any atom is -0.325 e. The van der Waals surface area contributed by atoms with E-state index in [9.17, 15) is 4.79 Å². The van der Waals surface area contributed by atoms with E-state index in [1.54, 1.807) is 16.8 Å². The average molecular weight is 412 g/mol. The monoisotopic (exact) mass is 411 g/mol. The standard InChI is InChI=1S/C24H18N4OS/c29-24(22(16-7-3-1-4-8-16)17-9-5-2-6-10-17)26-18-11-12-19-20(13-18)28-23(27-19)21-14-30-15-25-21/h1-15,22H,(H,26,29)(H,27,28)/p+1. The second kappa shape index (κ2) is 7.93. The number of nitrogens with zero attached hydrogens (tertiary/aromatic N) is 1. The van der Waals surface area contributed by atoms with Crippen molar-refractivity contribution < 1.29 is 9.78 Å². The molecule has 0 aliphatic rings. The molecule has 0 atom stereocenters. The number of hydrogen-bond acceptors (Lipinski definition) is 3. The summed E-state index contributed by atoms with van der Waals surface area (Å²) < 4.78 is 0. The van der Waals surface area contributed by atoms with Gasteiger partial charge in [-0.25, -0.2) is 15.0 Å². The number of carbonyl (C=O) groups is 1. The van der Waals surface area contributed by atoms with Crippen LogP contribution in [0, 0.1) is 0 Å². The molecule has 146 valence electrons.